The minimum atomic E-state index is -0.980. The Morgan fingerprint density at radius 2 is 2.10 bits per heavy atom. The number of hydrogen-bond acceptors (Lipinski definition) is 8. The fourth-order valence-electron chi connectivity index (χ4n) is 3.41. The maximum absolute atomic E-state index is 14.2. The minimum Gasteiger partial charge on any atom is -0.352 e. The van der Waals surface area contributed by atoms with Crippen molar-refractivity contribution in [2.75, 3.05) is 11.9 Å². The molecular formula is C19H19F2N7OS. The summed E-state index contributed by atoms with van der Waals surface area (Å²) in [6, 6.07) is 2.84. The number of aromatic nitrogens is 5. The van der Waals surface area contributed by atoms with Crippen molar-refractivity contribution in [1.29, 1.82) is 0 Å². The van der Waals surface area contributed by atoms with Crippen LogP contribution in [0.25, 0.3) is 10.7 Å². The van der Waals surface area contributed by atoms with Crippen molar-refractivity contribution in [2.45, 2.75) is 37.9 Å². The molecule has 1 saturated carbocycles. The molecule has 0 bridgehead atoms. The molecule has 4 rings (SSSR count). The van der Waals surface area contributed by atoms with Crippen LogP contribution in [0, 0.1) is 5.82 Å². The van der Waals surface area contributed by atoms with Crippen molar-refractivity contribution in [3.05, 3.63) is 47.1 Å². The normalized spacial score (nSPS) is 20.4. The number of nitrogens with one attached hydrogen (secondary N) is 2. The van der Waals surface area contributed by atoms with Gasteiger partial charge in [-0.05, 0) is 25.0 Å². The van der Waals surface area contributed by atoms with Crippen molar-refractivity contribution in [3.63, 3.8) is 0 Å². The molecule has 1 fully saturated rings. The molecule has 1 aliphatic carbocycles. The van der Waals surface area contributed by atoms with Gasteiger partial charge in [0.05, 0.1) is 18.4 Å². The van der Waals surface area contributed by atoms with Gasteiger partial charge in [-0.2, -0.15) is 0 Å². The quantitative estimate of drug-likeness (QED) is 0.592. The second-order valence-electron chi connectivity index (χ2n) is 7.18. The van der Waals surface area contributed by atoms with E-state index in [0.29, 0.717) is 17.2 Å². The summed E-state index contributed by atoms with van der Waals surface area (Å²) in [6.07, 6.45) is 4.10. The van der Waals surface area contributed by atoms with Crippen LogP contribution in [-0.4, -0.2) is 43.8 Å². The van der Waals surface area contributed by atoms with Crippen LogP contribution in [0.4, 0.5) is 14.7 Å². The summed E-state index contributed by atoms with van der Waals surface area (Å²) in [7, 11) is 0. The number of thiazole rings is 1. The second-order valence-corrected chi connectivity index (χ2v) is 8.30. The lowest BCUT2D eigenvalue weighted by Gasteiger charge is -2.43. The van der Waals surface area contributed by atoms with E-state index in [0.717, 1.165) is 4.88 Å². The number of hydrogen-bond donors (Lipinski definition) is 2. The molecule has 0 radical (unpaired) electrons. The largest absolute Gasteiger partial charge is 0.352 e. The molecule has 0 atom stereocenters. The van der Waals surface area contributed by atoms with Crippen LogP contribution in [0.5, 0.6) is 0 Å². The zero-order valence-corrected chi connectivity index (χ0v) is 16.9. The lowest BCUT2D eigenvalue weighted by atomic mass is 9.65. The standard InChI is InChI=1S/C19H19F2N7OS/c1-11(29)23-7-13-8-24-17(30-13)15-9-25-18(28-27-15)26-10-19(5-12(20)6-19)16-14(21)3-2-4-22-16/h2-4,8-9,12H,5-7,10H2,1H3,(H,23,29)(H,25,26,28). The summed E-state index contributed by atoms with van der Waals surface area (Å²) in [5.74, 6) is -0.304. The summed E-state index contributed by atoms with van der Waals surface area (Å²) >= 11 is 1.38. The van der Waals surface area contributed by atoms with E-state index < -0.39 is 17.4 Å². The number of amides is 1. The monoisotopic (exact) mass is 431 g/mol. The van der Waals surface area contributed by atoms with Crippen LogP contribution < -0.4 is 10.6 Å². The lowest BCUT2D eigenvalue weighted by molar-refractivity contribution is -0.119. The van der Waals surface area contributed by atoms with E-state index in [2.05, 4.69) is 35.8 Å². The summed E-state index contributed by atoms with van der Waals surface area (Å²) in [5.41, 5.74) is 0.0174. The van der Waals surface area contributed by atoms with Gasteiger partial charge in [-0.15, -0.1) is 21.5 Å². The molecule has 0 aliphatic heterocycles. The first-order chi connectivity index (χ1) is 14.4. The van der Waals surface area contributed by atoms with Gasteiger partial charge in [-0.3, -0.25) is 9.78 Å². The molecule has 156 valence electrons. The number of carbonyl (C=O) groups is 1. The fraction of sp³-hybridized carbons (Fsp3) is 0.368. The Kier molecular flexibility index (Phi) is 5.62. The summed E-state index contributed by atoms with van der Waals surface area (Å²) in [5, 5.41) is 14.6. The van der Waals surface area contributed by atoms with Gasteiger partial charge in [0, 0.05) is 36.2 Å². The molecule has 1 amide bonds. The van der Waals surface area contributed by atoms with Crippen molar-refractivity contribution in [3.8, 4) is 10.7 Å². The van der Waals surface area contributed by atoms with E-state index in [1.165, 1.54) is 42.8 Å². The second kappa shape index (κ2) is 8.34. The predicted octanol–water partition coefficient (Wildman–Crippen LogP) is 2.65. The zero-order chi connectivity index (χ0) is 21.1. The first-order valence-corrected chi connectivity index (χ1v) is 10.1. The smallest absolute Gasteiger partial charge is 0.242 e. The first-order valence-electron chi connectivity index (χ1n) is 9.33. The van der Waals surface area contributed by atoms with Crippen LogP contribution in [0.15, 0.2) is 30.7 Å². The highest BCUT2D eigenvalue weighted by Gasteiger charge is 2.48. The molecular weight excluding hydrogens is 412 g/mol. The Morgan fingerprint density at radius 1 is 1.27 bits per heavy atom. The van der Waals surface area contributed by atoms with Crippen LogP contribution >= 0.6 is 11.3 Å². The number of rotatable bonds is 7. The van der Waals surface area contributed by atoms with Gasteiger partial charge in [0.2, 0.25) is 11.9 Å². The molecule has 3 aromatic heterocycles. The van der Waals surface area contributed by atoms with E-state index in [9.17, 15) is 13.6 Å². The Bertz CT molecular complexity index is 1040. The van der Waals surface area contributed by atoms with Gasteiger partial charge in [0.15, 0.2) is 0 Å². The molecule has 3 aromatic rings. The molecule has 0 saturated heterocycles. The third-order valence-electron chi connectivity index (χ3n) is 4.92. The Labute approximate surface area is 175 Å². The number of pyridine rings is 1. The third-order valence-corrected chi connectivity index (χ3v) is 5.94. The van der Waals surface area contributed by atoms with E-state index in [-0.39, 0.29) is 36.9 Å². The van der Waals surface area contributed by atoms with E-state index in [1.807, 2.05) is 0 Å². The minimum absolute atomic E-state index is 0.115. The summed E-state index contributed by atoms with van der Waals surface area (Å²) in [6.45, 7) is 2.10. The van der Waals surface area contributed by atoms with E-state index in [1.54, 1.807) is 6.20 Å². The highest BCUT2D eigenvalue weighted by molar-refractivity contribution is 7.14. The molecule has 3 heterocycles. The Hall–Kier alpha value is -3.08. The van der Waals surface area contributed by atoms with Crippen LogP contribution in [0.1, 0.15) is 30.3 Å². The average molecular weight is 431 g/mol. The van der Waals surface area contributed by atoms with Crippen LogP contribution in [0.3, 0.4) is 0 Å². The molecule has 8 nitrogen and oxygen atoms in total. The van der Waals surface area contributed by atoms with Gasteiger partial charge < -0.3 is 10.6 Å². The molecule has 0 spiro atoms. The fourth-order valence-corrected chi connectivity index (χ4v) is 4.21. The maximum atomic E-state index is 14.2. The van der Waals surface area contributed by atoms with Crippen molar-refractivity contribution < 1.29 is 13.6 Å². The highest BCUT2D eigenvalue weighted by Crippen LogP contribution is 2.45. The van der Waals surface area contributed by atoms with Crippen molar-refractivity contribution >= 4 is 23.2 Å². The zero-order valence-electron chi connectivity index (χ0n) is 16.1. The van der Waals surface area contributed by atoms with E-state index in [4.69, 9.17) is 0 Å². The number of carbonyl (C=O) groups excluding carboxylic acids is 1. The number of nitrogens with zero attached hydrogens (tertiary/aromatic N) is 5. The topological polar surface area (TPSA) is 106 Å². The molecule has 1 aliphatic rings. The third kappa shape index (κ3) is 4.25. The van der Waals surface area contributed by atoms with Gasteiger partial charge in [-0.25, -0.2) is 18.7 Å². The Morgan fingerprint density at radius 3 is 2.77 bits per heavy atom. The van der Waals surface area contributed by atoms with Crippen molar-refractivity contribution in [1.82, 2.24) is 30.5 Å². The first kappa shape index (κ1) is 20.2. The van der Waals surface area contributed by atoms with Crippen LogP contribution in [0.2, 0.25) is 0 Å². The SMILES string of the molecule is CC(=O)NCc1cnc(-c2cnc(NCC3(c4ncccc4F)CC(F)C3)nn2)s1. The van der Waals surface area contributed by atoms with Gasteiger partial charge in [0.1, 0.15) is 22.7 Å². The summed E-state index contributed by atoms with van der Waals surface area (Å²) < 4.78 is 27.9. The molecule has 0 unspecified atom stereocenters. The predicted molar refractivity (Wildman–Crippen MR) is 107 cm³/mol. The molecule has 11 heteroatoms. The number of halogens is 2. The lowest BCUT2D eigenvalue weighted by Crippen LogP contribution is -2.49. The molecule has 0 aromatic carbocycles. The Balaban J connectivity index is 1.42. The number of anilines is 1. The molecule has 2 N–H and O–H groups in total. The number of alkyl halides is 1. The van der Waals surface area contributed by atoms with Gasteiger partial charge in [0.25, 0.3) is 0 Å². The van der Waals surface area contributed by atoms with Gasteiger partial charge >= 0.3 is 0 Å². The van der Waals surface area contributed by atoms with Crippen molar-refractivity contribution in [2.24, 2.45) is 0 Å². The maximum Gasteiger partial charge on any atom is 0.242 e. The average Bonchev–Trinajstić information content (AvgIpc) is 3.19. The highest BCUT2D eigenvalue weighted by atomic mass is 32.1. The van der Waals surface area contributed by atoms with Gasteiger partial charge in [-0.1, -0.05) is 0 Å². The molecule has 30 heavy (non-hydrogen) atoms. The van der Waals surface area contributed by atoms with Crippen LogP contribution in [-0.2, 0) is 16.8 Å². The van der Waals surface area contributed by atoms with E-state index >= 15 is 0 Å². The summed E-state index contributed by atoms with van der Waals surface area (Å²) in [4.78, 5) is 24.5.